The van der Waals surface area contributed by atoms with Gasteiger partial charge in [0.15, 0.2) is 11.6 Å². The second-order valence-electron chi connectivity index (χ2n) is 2.77. The van der Waals surface area contributed by atoms with Crippen LogP contribution in [0.4, 0.5) is 18.9 Å². The topological polar surface area (TPSA) is 52.0 Å². The van der Waals surface area contributed by atoms with Crippen molar-refractivity contribution in [1.82, 2.24) is 0 Å². The van der Waals surface area contributed by atoms with E-state index in [0.717, 1.165) is 0 Å². The average Bonchev–Trinajstić information content (AvgIpc) is 2.01. The number of halogens is 3. The van der Waals surface area contributed by atoms with Crippen LogP contribution >= 0.6 is 0 Å². The molecule has 5 heteroatoms. The first-order valence-electron chi connectivity index (χ1n) is 3.63. The molecule has 0 spiro atoms. The van der Waals surface area contributed by atoms with E-state index in [1.807, 2.05) is 0 Å². The van der Waals surface area contributed by atoms with Crippen LogP contribution in [0, 0.1) is 17.5 Å². The lowest BCUT2D eigenvalue weighted by molar-refractivity contribution is 0.480. The Morgan fingerprint density at radius 3 is 2.23 bits per heavy atom. The maximum Gasteiger partial charge on any atom is 0.165 e. The molecule has 0 fully saturated rings. The van der Waals surface area contributed by atoms with Crippen LogP contribution in [-0.2, 0) is 0 Å². The standard InChI is InChI=1S/C8H9F3N2/c1-3(12)6-7(11)4(9)2-5(10)8(6)13/h2-3H,12-13H2,1H3. The summed E-state index contributed by atoms with van der Waals surface area (Å²) in [5.74, 6) is -3.46. The van der Waals surface area contributed by atoms with Gasteiger partial charge in [-0.1, -0.05) is 0 Å². The van der Waals surface area contributed by atoms with Gasteiger partial charge in [-0.05, 0) is 6.92 Å². The summed E-state index contributed by atoms with van der Waals surface area (Å²) >= 11 is 0. The lowest BCUT2D eigenvalue weighted by Gasteiger charge is -2.11. The molecule has 0 saturated heterocycles. The van der Waals surface area contributed by atoms with Gasteiger partial charge >= 0.3 is 0 Å². The molecule has 0 aliphatic rings. The highest BCUT2D eigenvalue weighted by atomic mass is 19.2. The molecule has 0 aliphatic carbocycles. The first kappa shape index (κ1) is 9.85. The molecule has 13 heavy (non-hydrogen) atoms. The van der Waals surface area contributed by atoms with E-state index in [4.69, 9.17) is 11.5 Å². The van der Waals surface area contributed by atoms with Crippen molar-refractivity contribution in [3.63, 3.8) is 0 Å². The van der Waals surface area contributed by atoms with Gasteiger partial charge in [-0.3, -0.25) is 0 Å². The van der Waals surface area contributed by atoms with Crippen molar-refractivity contribution in [1.29, 1.82) is 0 Å². The van der Waals surface area contributed by atoms with Gasteiger partial charge in [0, 0.05) is 17.7 Å². The normalized spacial score (nSPS) is 13.0. The Labute approximate surface area is 73.3 Å². The molecule has 0 saturated carbocycles. The monoisotopic (exact) mass is 190 g/mol. The molecular formula is C8H9F3N2. The second kappa shape index (κ2) is 3.26. The van der Waals surface area contributed by atoms with Gasteiger partial charge in [0.05, 0.1) is 5.69 Å². The minimum absolute atomic E-state index is 0.322. The lowest BCUT2D eigenvalue weighted by atomic mass is 10.1. The number of rotatable bonds is 1. The van der Waals surface area contributed by atoms with Crippen molar-refractivity contribution in [3.8, 4) is 0 Å². The minimum atomic E-state index is -1.28. The fourth-order valence-corrected chi connectivity index (χ4v) is 1.07. The van der Waals surface area contributed by atoms with Crippen molar-refractivity contribution in [3.05, 3.63) is 29.1 Å². The molecule has 0 bridgehead atoms. The first-order chi connectivity index (χ1) is 5.95. The van der Waals surface area contributed by atoms with Crippen LogP contribution in [0.15, 0.2) is 6.07 Å². The summed E-state index contributed by atoms with van der Waals surface area (Å²) in [4.78, 5) is 0. The zero-order chi connectivity index (χ0) is 10.2. The maximum absolute atomic E-state index is 13.0. The Morgan fingerprint density at radius 2 is 1.77 bits per heavy atom. The van der Waals surface area contributed by atoms with Gasteiger partial charge in [0.1, 0.15) is 5.82 Å². The van der Waals surface area contributed by atoms with E-state index < -0.39 is 29.2 Å². The molecule has 1 unspecified atom stereocenters. The molecule has 0 aliphatic heterocycles. The highest BCUT2D eigenvalue weighted by Gasteiger charge is 2.18. The van der Waals surface area contributed by atoms with Crippen LogP contribution in [0.25, 0.3) is 0 Å². The zero-order valence-corrected chi connectivity index (χ0v) is 6.94. The van der Waals surface area contributed by atoms with Crippen LogP contribution in [0.5, 0.6) is 0 Å². The molecular weight excluding hydrogens is 181 g/mol. The van der Waals surface area contributed by atoms with Crippen molar-refractivity contribution < 1.29 is 13.2 Å². The van der Waals surface area contributed by atoms with E-state index in [-0.39, 0.29) is 5.56 Å². The van der Waals surface area contributed by atoms with E-state index in [1.165, 1.54) is 6.92 Å². The van der Waals surface area contributed by atoms with Crippen LogP contribution in [0.2, 0.25) is 0 Å². The lowest BCUT2D eigenvalue weighted by Crippen LogP contribution is -2.13. The van der Waals surface area contributed by atoms with Gasteiger partial charge in [-0.15, -0.1) is 0 Å². The highest BCUT2D eigenvalue weighted by Crippen LogP contribution is 2.26. The van der Waals surface area contributed by atoms with Gasteiger partial charge in [0.25, 0.3) is 0 Å². The summed E-state index contributed by atoms with van der Waals surface area (Å²) in [7, 11) is 0. The molecule has 1 atom stereocenters. The number of anilines is 1. The molecule has 1 aromatic carbocycles. The van der Waals surface area contributed by atoms with Crippen molar-refractivity contribution >= 4 is 5.69 Å². The summed E-state index contributed by atoms with van der Waals surface area (Å²) in [5, 5.41) is 0. The third-order valence-electron chi connectivity index (χ3n) is 1.70. The number of nitrogens with two attached hydrogens (primary N) is 2. The Morgan fingerprint density at radius 1 is 1.23 bits per heavy atom. The second-order valence-corrected chi connectivity index (χ2v) is 2.77. The quantitative estimate of drug-likeness (QED) is 0.523. The molecule has 4 N–H and O–H groups in total. The molecule has 72 valence electrons. The fourth-order valence-electron chi connectivity index (χ4n) is 1.07. The molecule has 1 aromatic rings. The van der Waals surface area contributed by atoms with Crippen LogP contribution in [0.1, 0.15) is 18.5 Å². The van der Waals surface area contributed by atoms with Crippen molar-refractivity contribution in [2.24, 2.45) is 5.73 Å². The summed E-state index contributed by atoms with van der Waals surface area (Å²) in [6.07, 6.45) is 0. The Hall–Kier alpha value is -1.23. The summed E-state index contributed by atoms with van der Waals surface area (Å²) in [6.45, 7) is 1.40. The van der Waals surface area contributed by atoms with E-state index in [1.54, 1.807) is 0 Å². The zero-order valence-electron chi connectivity index (χ0n) is 6.94. The summed E-state index contributed by atoms with van der Waals surface area (Å²) < 4.78 is 38.4. The number of hydrogen-bond donors (Lipinski definition) is 2. The predicted octanol–water partition coefficient (Wildman–Crippen LogP) is 1.71. The maximum atomic E-state index is 13.0. The minimum Gasteiger partial charge on any atom is -0.396 e. The number of nitrogen functional groups attached to an aromatic ring is 1. The van der Waals surface area contributed by atoms with Gasteiger partial charge in [0.2, 0.25) is 0 Å². The van der Waals surface area contributed by atoms with E-state index in [2.05, 4.69) is 0 Å². The van der Waals surface area contributed by atoms with Crippen LogP contribution in [-0.4, -0.2) is 0 Å². The average molecular weight is 190 g/mol. The summed E-state index contributed by atoms with van der Waals surface area (Å²) in [5.41, 5.74) is 9.73. The molecule has 2 nitrogen and oxygen atoms in total. The van der Waals surface area contributed by atoms with Gasteiger partial charge in [-0.2, -0.15) is 0 Å². The Bertz CT molecular complexity index is 310. The van der Waals surface area contributed by atoms with Gasteiger partial charge < -0.3 is 11.5 Å². The van der Waals surface area contributed by atoms with E-state index >= 15 is 0 Å². The largest absolute Gasteiger partial charge is 0.396 e. The van der Waals surface area contributed by atoms with E-state index in [9.17, 15) is 13.2 Å². The third-order valence-corrected chi connectivity index (χ3v) is 1.70. The summed E-state index contributed by atoms with van der Waals surface area (Å²) in [6, 6.07) is -0.443. The molecule has 0 aromatic heterocycles. The van der Waals surface area contributed by atoms with Crippen molar-refractivity contribution in [2.45, 2.75) is 13.0 Å². The van der Waals surface area contributed by atoms with E-state index in [0.29, 0.717) is 6.07 Å². The van der Waals surface area contributed by atoms with Gasteiger partial charge in [-0.25, -0.2) is 13.2 Å². The molecule has 1 rings (SSSR count). The fraction of sp³-hybridized carbons (Fsp3) is 0.250. The van der Waals surface area contributed by atoms with Crippen LogP contribution in [0.3, 0.4) is 0 Å². The van der Waals surface area contributed by atoms with Crippen molar-refractivity contribution in [2.75, 3.05) is 5.73 Å². The smallest absolute Gasteiger partial charge is 0.165 e. The molecule has 0 heterocycles. The Balaban J connectivity index is 3.46. The number of hydrogen-bond acceptors (Lipinski definition) is 2. The SMILES string of the molecule is CC(N)c1c(N)c(F)cc(F)c1F. The molecule has 0 radical (unpaired) electrons. The Kier molecular flexibility index (Phi) is 2.47. The first-order valence-corrected chi connectivity index (χ1v) is 3.63. The highest BCUT2D eigenvalue weighted by molar-refractivity contribution is 5.50. The predicted molar refractivity (Wildman–Crippen MR) is 43.3 cm³/mol. The molecule has 0 amide bonds. The number of benzene rings is 1. The third kappa shape index (κ3) is 1.60. The van der Waals surface area contributed by atoms with Crippen LogP contribution < -0.4 is 11.5 Å².